The molecule has 106 valence electrons. The highest BCUT2D eigenvalue weighted by atomic mass is 19.1. The van der Waals surface area contributed by atoms with Crippen molar-refractivity contribution < 1.29 is 8.78 Å². The van der Waals surface area contributed by atoms with E-state index in [9.17, 15) is 8.78 Å². The van der Waals surface area contributed by atoms with Crippen LogP contribution in [0.15, 0.2) is 18.2 Å². The molecule has 2 rings (SSSR count). The molecule has 1 aromatic rings. The van der Waals surface area contributed by atoms with Gasteiger partial charge in [0.15, 0.2) is 0 Å². The summed E-state index contributed by atoms with van der Waals surface area (Å²) in [5.74, 6) is -0.863. The topological polar surface area (TPSA) is 29.3 Å². The van der Waals surface area contributed by atoms with Gasteiger partial charge in [0.1, 0.15) is 11.6 Å². The normalized spacial score (nSPS) is 26.4. The van der Waals surface area contributed by atoms with Crippen molar-refractivity contribution in [2.24, 2.45) is 5.73 Å². The molecule has 1 heterocycles. The number of piperidine rings is 1. The number of benzene rings is 1. The van der Waals surface area contributed by atoms with Crippen LogP contribution in [0.3, 0.4) is 0 Å². The molecule has 0 saturated carbocycles. The van der Waals surface area contributed by atoms with E-state index in [1.165, 1.54) is 12.5 Å². The molecule has 0 aromatic heterocycles. The fourth-order valence-corrected chi connectivity index (χ4v) is 2.96. The molecule has 1 fully saturated rings. The second-order valence-electron chi connectivity index (χ2n) is 5.60. The van der Waals surface area contributed by atoms with Crippen molar-refractivity contribution in [3.8, 4) is 0 Å². The van der Waals surface area contributed by atoms with E-state index < -0.39 is 17.7 Å². The van der Waals surface area contributed by atoms with E-state index in [0.29, 0.717) is 18.6 Å². The Hall–Kier alpha value is -1.00. The fraction of sp³-hybridized carbons (Fsp3) is 0.600. The summed E-state index contributed by atoms with van der Waals surface area (Å²) in [6.07, 6.45) is 3.51. The lowest BCUT2D eigenvalue weighted by molar-refractivity contribution is 0.0956. The smallest absolute Gasteiger partial charge is 0.128 e. The van der Waals surface area contributed by atoms with Crippen LogP contribution in [0.5, 0.6) is 0 Å². The van der Waals surface area contributed by atoms with Gasteiger partial charge in [0.2, 0.25) is 0 Å². The predicted octanol–water partition coefficient (Wildman–Crippen LogP) is 3.23. The quantitative estimate of drug-likeness (QED) is 0.912. The van der Waals surface area contributed by atoms with Crippen molar-refractivity contribution in [3.05, 3.63) is 35.4 Å². The summed E-state index contributed by atoms with van der Waals surface area (Å²) >= 11 is 0. The summed E-state index contributed by atoms with van der Waals surface area (Å²) in [5, 5.41) is 0. The van der Waals surface area contributed by atoms with E-state index in [1.54, 1.807) is 0 Å². The first kappa shape index (κ1) is 14.4. The van der Waals surface area contributed by atoms with E-state index in [1.807, 2.05) is 0 Å². The van der Waals surface area contributed by atoms with Crippen LogP contribution in [0.4, 0.5) is 8.78 Å². The molecule has 3 atom stereocenters. The highest BCUT2D eigenvalue weighted by molar-refractivity contribution is 5.22. The van der Waals surface area contributed by atoms with E-state index in [0.717, 1.165) is 25.0 Å². The van der Waals surface area contributed by atoms with Crippen LogP contribution in [0.25, 0.3) is 0 Å². The molecule has 0 spiro atoms. The molecule has 2 nitrogen and oxygen atoms in total. The maximum Gasteiger partial charge on any atom is 0.128 e. The predicted molar refractivity (Wildman–Crippen MR) is 72.8 cm³/mol. The number of likely N-dealkylation sites (tertiary alicyclic amines) is 1. The standard InChI is InChI=1S/C15H22F2N2/c1-10-4-3-5-11(2)19(10)9-15(18)13-8-12(16)6-7-14(13)17/h6-8,10-11,15H,3-5,9,18H2,1-2H3/t10-,11+,15?. The van der Waals surface area contributed by atoms with Gasteiger partial charge in [-0.2, -0.15) is 0 Å². The molecular formula is C15H22F2N2. The fourth-order valence-electron chi connectivity index (χ4n) is 2.96. The second-order valence-corrected chi connectivity index (χ2v) is 5.60. The summed E-state index contributed by atoms with van der Waals surface area (Å²) in [6, 6.07) is 3.89. The first-order valence-corrected chi connectivity index (χ1v) is 6.95. The zero-order chi connectivity index (χ0) is 14.0. The van der Waals surface area contributed by atoms with Gasteiger partial charge >= 0.3 is 0 Å². The van der Waals surface area contributed by atoms with Gasteiger partial charge in [-0.05, 0) is 44.9 Å². The number of halogens is 2. The van der Waals surface area contributed by atoms with Crippen molar-refractivity contribution in [1.82, 2.24) is 4.90 Å². The average molecular weight is 268 g/mol. The van der Waals surface area contributed by atoms with Crippen molar-refractivity contribution in [2.45, 2.75) is 51.2 Å². The van der Waals surface area contributed by atoms with Crippen molar-refractivity contribution in [3.63, 3.8) is 0 Å². The Morgan fingerprint density at radius 2 is 1.89 bits per heavy atom. The lowest BCUT2D eigenvalue weighted by Crippen LogP contribution is -2.47. The molecule has 1 aliphatic rings. The van der Waals surface area contributed by atoms with Gasteiger partial charge in [0.25, 0.3) is 0 Å². The van der Waals surface area contributed by atoms with Crippen LogP contribution in [0.2, 0.25) is 0 Å². The van der Waals surface area contributed by atoms with Crippen LogP contribution in [0.1, 0.15) is 44.7 Å². The highest BCUT2D eigenvalue weighted by Gasteiger charge is 2.27. The minimum absolute atomic E-state index is 0.268. The lowest BCUT2D eigenvalue weighted by Gasteiger charge is -2.40. The molecule has 19 heavy (non-hydrogen) atoms. The van der Waals surface area contributed by atoms with Crippen molar-refractivity contribution in [2.75, 3.05) is 6.54 Å². The van der Waals surface area contributed by atoms with Crippen molar-refractivity contribution >= 4 is 0 Å². The third kappa shape index (κ3) is 3.31. The van der Waals surface area contributed by atoms with Crippen LogP contribution in [0, 0.1) is 11.6 Å². The highest BCUT2D eigenvalue weighted by Crippen LogP contribution is 2.25. The Bertz CT molecular complexity index is 426. The van der Waals surface area contributed by atoms with Gasteiger partial charge < -0.3 is 5.73 Å². The first-order chi connectivity index (χ1) is 8.99. The zero-order valence-corrected chi connectivity index (χ0v) is 11.6. The van der Waals surface area contributed by atoms with Gasteiger partial charge in [-0.1, -0.05) is 6.42 Å². The molecule has 1 saturated heterocycles. The maximum atomic E-state index is 13.7. The SMILES string of the molecule is C[C@@H]1CCC[C@H](C)N1CC(N)c1cc(F)ccc1F. The summed E-state index contributed by atoms with van der Waals surface area (Å²) in [4.78, 5) is 2.30. The molecule has 0 bridgehead atoms. The minimum atomic E-state index is -0.487. The third-order valence-electron chi connectivity index (χ3n) is 4.14. The van der Waals surface area contributed by atoms with Crippen LogP contribution >= 0.6 is 0 Å². The van der Waals surface area contributed by atoms with E-state index in [4.69, 9.17) is 5.73 Å². The Morgan fingerprint density at radius 1 is 1.26 bits per heavy atom. The van der Waals surface area contributed by atoms with Gasteiger partial charge in [0, 0.05) is 30.2 Å². The Labute approximate surface area is 113 Å². The molecular weight excluding hydrogens is 246 g/mol. The summed E-state index contributed by atoms with van der Waals surface area (Å²) in [5.41, 5.74) is 6.34. The molecule has 0 radical (unpaired) electrons. The summed E-state index contributed by atoms with van der Waals surface area (Å²) in [7, 11) is 0. The summed E-state index contributed by atoms with van der Waals surface area (Å²) in [6.45, 7) is 4.91. The van der Waals surface area contributed by atoms with Crippen LogP contribution < -0.4 is 5.73 Å². The van der Waals surface area contributed by atoms with Crippen LogP contribution in [-0.2, 0) is 0 Å². The monoisotopic (exact) mass is 268 g/mol. The third-order valence-corrected chi connectivity index (χ3v) is 4.14. The second kappa shape index (κ2) is 5.97. The van der Waals surface area contributed by atoms with Gasteiger partial charge in [0.05, 0.1) is 0 Å². The average Bonchev–Trinajstić information content (AvgIpc) is 2.37. The van der Waals surface area contributed by atoms with E-state index >= 15 is 0 Å². The number of nitrogens with zero attached hydrogens (tertiary/aromatic N) is 1. The number of rotatable bonds is 3. The lowest BCUT2D eigenvalue weighted by atomic mass is 9.95. The van der Waals surface area contributed by atoms with Gasteiger partial charge in [-0.25, -0.2) is 8.78 Å². The number of nitrogens with two attached hydrogens (primary N) is 1. The molecule has 4 heteroatoms. The van der Waals surface area contributed by atoms with E-state index in [-0.39, 0.29) is 5.56 Å². The Morgan fingerprint density at radius 3 is 2.53 bits per heavy atom. The van der Waals surface area contributed by atoms with Crippen molar-refractivity contribution in [1.29, 1.82) is 0 Å². The minimum Gasteiger partial charge on any atom is -0.323 e. The first-order valence-electron chi connectivity index (χ1n) is 6.95. The molecule has 0 amide bonds. The molecule has 1 aliphatic heterocycles. The van der Waals surface area contributed by atoms with Gasteiger partial charge in [-0.3, -0.25) is 4.90 Å². The van der Waals surface area contributed by atoms with Crippen LogP contribution in [-0.4, -0.2) is 23.5 Å². The maximum absolute atomic E-state index is 13.7. The summed E-state index contributed by atoms with van der Waals surface area (Å²) < 4.78 is 26.9. The van der Waals surface area contributed by atoms with Gasteiger partial charge in [-0.15, -0.1) is 0 Å². The Balaban J connectivity index is 2.11. The van der Waals surface area contributed by atoms with E-state index in [2.05, 4.69) is 18.7 Å². The molecule has 2 N–H and O–H groups in total. The number of hydrogen-bond donors (Lipinski definition) is 1. The largest absolute Gasteiger partial charge is 0.323 e. The molecule has 1 unspecified atom stereocenters. The number of hydrogen-bond acceptors (Lipinski definition) is 2. The Kier molecular flexibility index (Phi) is 4.53. The molecule has 0 aliphatic carbocycles. The zero-order valence-electron chi connectivity index (χ0n) is 11.6. The molecule has 1 aromatic carbocycles.